The Morgan fingerprint density at radius 2 is 2.00 bits per heavy atom. The molecular weight excluding hydrogens is 250 g/mol. The molecule has 0 bridgehead atoms. The van der Waals surface area contributed by atoms with Crippen molar-refractivity contribution in [2.75, 3.05) is 5.94 Å². The minimum absolute atomic E-state index is 0.0637. The fourth-order valence-electron chi connectivity index (χ4n) is 1.35. The molecule has 0 saturated carbocycles. The summed E-state index contributed by atoms with van der Waals surface area (Å²) in [6, 6.07) is 13.0. The number of aromatic carboxylic acids is 1. The summed E-state index contributed by atoms with van der Waals surface area (Å²) in [5, 5.41) is 8.93. The van der Waals surface area contributed by atoms with Crippen LogP contribution in [0.3, 0.4) is 0 Å². The highest BCUT2D eigenvalue weighted by molar-refractivity contribution is 7.99. The Hall–Kier alpha value is -2.01. The van der Waals surface area contributed by atoms with Gasteiger partial charge in [-0.1, -0.05) is 30.0 Å². The van der Waals surface area contributed by atoms with E-state index in [4.69, 9.17) is 9.84 Å². The van der Waals surface area contributed by atoms with Crippen LogP contribution in [0.4, 0.5) is 0 Å². The van der Waals surface area contributed by atoms with E-state index in [9.17, 15) is 4.79 Å². The lowest BCUT2D eigenvalue weighted by atomic mass is 10.3. The number of rotatable bonds is 5. The monoisotopic (exact) mass is 261 g/mol. The van der Waals surface area contributed by atoms with Crippen molar-refractivity contribution in [1.82, 2.24) is 4.98 Å². The quantitative estimate of drug-likeness (QED) is 0.662. The average Bonchev–Trinajstić information content (AvgIpc) is 2.40. The summed E-state index contributed by atoms with van der Waals surface area (Å²) in [6.45, 7) is 0. The van der Waals surface area contributed by atoms with E-state index in [0.29, 0.717) is 5.94 Å². The predicted octanol–water partition coefficient (Wildman–Crippen LogP) is 2.91. The average molecular weight is 261 g/mol. The summed E-state index contributed by atoms with van der Waals surface area (Å²) in [5.74, 6) is -0.459. The molecule has 0 unspecified atom stereocenters. The summed E-state index contributed by atoms with van der Waals surface area (Å²) in [7, 11) is 0. The summed E-state index contributed by atoms with van der Waals surface area (Å²) in [4.78, 5) is 15.7. The maximum absolute atomic E-state index is 10.9. The zero-order chi connectivity index (χ0) is 12.8. The van der Waals surface area contributed by atoms with Gasteiger partial charge in [0, 0.05) is 11.1 Å². The molecule has 18 heavy (non-hydrogen) atoms. The van der Waals surface area contributed by atoms with E-state index < -0.39 is 5.97 Å². The van der Waals surface area contributed by atoms with Crippen molar-refractivity contribution in [3.05, 3.63) is 54.4 Å². The first-order valence-electron chi connectivity index (χ1n) is 5.26. The van der Waals surface area contributed by atoms with Crippen molar-refractivity contribution >= 4 is 17.7 Å². The third-order valence-electron chi connectivity index (χ3n) is 2.16. The second-order valence-electron chi connectivity index (χ2n) is 3.37. The van der Waals surface area contributed by atoms with E-state index >= 15 is 0 Å². The van der Waals surface area contributed by atoms with Gasteiger partial charge in [0.2, 0.25) is 0 Å². The van der Waals surface area contributed by atoms with Gasteiger partial charge in [-0.25, -0.2) is 9.78 Å². The Kier molecular flexibility index (Phi) is 4.20. The Bertz CT molecular complexity index is 531. The van der Waals surface area contributed by atoms with Gasteiger partial charge < -0.3 is 9.84 Å². The van der Waals surface area contributed by atoms with Crippen LogP contribution in [-0.4, -0.2) is 22.0 Å². The minimum Gasteiger partial charge on any atom is -0.480 e. The fourth-order valence-corrected chi connectivity index (χ4v) is 2.02. The van der Waals surface area contributed by atoms with E-state index in [1.54, 1.807) is 12.1 Å². The Morgan fingerprint density at radius 3 is 2.72 bits per heavy atom. The number of carbonyl (C=O) groups is 1. The molecule has 0 spiro atoms. The molecule has 0 fully saturated rings. The number of hydrogen-bond acceptors (Lipinski definition) is 4. The van der Waals surface area contributed by atoms with Crippen molar-refractivity contribution in [1.29, 1.82) is 0 Å². The third kappa shape index (κ3) is 3.24. The van der Waals surface area contributed by atoms with Crippen LogP contribution in [-0.2, 0) is 0 Å². The van der Waals surface area contributed by atoms with Gasteiger partial charge in [0.1, 0.15) is 5.94 Å². The van der Waals surface area contributed by atoms with E-state index in [1.165, 1.54) is 18.0 Å². The number of ether oxygens (including phenoxy) is 1. The summed E-state index contributed by atoms with van der Waals surface area (Å²) in [6.07, 6.45) is 1.43. The molecule has 2 aromatic rings. The summed E-state index contributed by atoms with van der Waals surface area (Å²) < 4.78 is 5.42. The lowest BCUT2D eigenvalue weighted by Gasteiger charge is -2.07. The summed E-state index contributed by atoms with van der Waals surface area (Å²) in [5.41, 5.74) is -0.0637. The molecule has 1 aromatic carbocycles. The van der Waals surface area contributed by atoms with Crippen LogP contribution in [0.15, 0.2) is 53.6 Å². The number of nitrogens with zero attached hydrogens (tertiary/aromatic N) is 1. The maximum Gasteiger partial charge on any atom is 0.358 e. The number of pyridine rings is 1. The van der Waals surface area contributed by atoms with Crippen molar-refractivity contribution in [3.63, 3.8) is 0 Å². The minimum atomic E-state index is -1.09. The standard InChI is InChI=1S/C13H11NO3S/c15-13(16)12-11(7-4-8-14-12)17-9-18-10-5-2-1-3-6-10/h1-8H,9H2,(H,15,16). The van der Waals surface area contributed by atoms with Gasteiger partial charge in [-0.05, 0) is 24.3 Å². The van der Waals surface area contributed by atoms with Gasteiger partial charge in [0.15, 0.2) is 11.4 Å². The number of carboxylic acid groups (broad SMARTS) is 1. The van der Waals surface area contributed by atoms with Crippen LogP contribution in [0.5, 0.6) is 5.75 Å². The van der Waals surface area contributed by atoms with E-state index in [1.807, 2.05) is 30.3 Å². The molecule has 0 amide bonds. The molecule has 5 heteroatoms. The second-order valence-corrected chi connectivity index (χ2v) is 4.37. The molecule has 0 aliphatic heterocycles. The smallest absolute Gasteiger partial charge is 0.358 e. The van der Waals surface area contributed by atoms with Crippen LogP contribution in [0.25, 0.3) is 0 Å². The van der Waals surface area contributed by atoms with Crippen molar-refractivity contribution in [2.24, 2.45) is 0 Å². The fraction of sp³-hybridized carbons (Fsp3) is 0.0769. The zero-order valence-electron chi connectivity index (χ0n) is 9.45. The molecule has 2 rings (SSSR count). The molecule has 0 aliphatic carbocycles. The van der Waals surface area contributed by atoms with Gasteiger partial charge in [0.05, 0.1) is 0 Å². The number of hydrogen-bond donors (Lipinski definition) is 1. The molecule has 92 valence electrons. The third-order valence-corrected chi connectivity index (χ3v) is 3.00. The maximum atomic E-state index is 10.9. The van der Waals surface area contributed by atoms with Crippen molar-refractivity contribution < 1.29 is 14.6 Å². The molecule has 0 saturated heterocycles. The Labute approximate surface area is 109 Å². The van der Waals surface area contributed by atoms with Crippen molar-refractivity contribution in [3.8, 4) is 5.75 Å². The Balaban J connectivity index is 1.97. The second kappa shape index (κ2) is 6.07. The SMILES string of the molecule is O=C(O)c1ncccc1OCSc1ccccc1. The molecule has 1 aromatic heterocycles. The highest BCUT2D eigenvalue weighted by atomic mass is 32.2. The number of benzene rings is 1. The first-order chi connectivity index (χ1) is 8.77. The van der Waals surface area contributed by atoms with Gasteiger partial charge in [0.25, 0.3) is 0 Å². The lowest BCUT2D eigenvalue weighted by molar-refractivity contribution is 0.0686. The highest BCUT2D eigenvalue weighted by Crippen LogP contribution is 2.21. The Morgan fingerprint density at radius 1 is 1.22 bits per heavy atom. The van der Waals surface area contributed by atoms with Gasteiger partial charge in [-0.2, -0.15) is 0 Å². The van der Waals surface area contributed by atoms with Crippen LogP contribution in [0, 0.1) is 0 Å². The topological polar surface area (TPSA) is 59.4 Å². The number of aromatic nitrogens is 1. The summed E-state index contributed by atoms with van der Waals surface area (Å²) >= 11 is 1.49. The number of thioether (sulfide) groups is 1. The molecule has 1 heterocycles. The molecular formula is C13H11NO3S. The van der Waals surface area contributed by atoms with Crippen molar-refractivity contribution in [2.45, 2.75) is 4.90 Å². The van der Waals surface area contributed by atoms with Crippen LogP contribution in [0.1, 0.15) is 10.5 Å². The largest absolute Gasteiger partial charge is 0.480 e. The highest BCUT2D eigenvalue weighted by Gasteiger charge is 2.11. The van der Waals surface area contributed by atoms with E-state index in [-0.39, 0.29) is 11.4 Å². The van der Waals surface area contributed by atoms with Crippen LogP contribution >= 0.6 is 11.8 Å². The van der Waals surface area contributed by atoms with E-state index in [0.717, 1.165) is 4.90 Å². The molecule has 4 nitrogen and oxygen atoms in total. The van der Waals surface area contributed by atoms with Gasteiger partial charge >= 0.3 is 5.97 Å². The zero-order valence-corrected chi connectivity index (χ0v) is 10.3. The normalized spacial score (nSPS) is 10.0. The first-order valence-corrected chi connectivity index (χ1v) is 6.25. The van der Waals surface area contributed by atoms with Crippen LogP contribution in [0.2, 0.25) is 0 Å². The lowest BCUT2D eigenvalue weighted by Crippen LogP contribution is -2.05. The molecule has 0 aliphatic rings. The molecule has 0 radical (unpaired) electrons. The molecule has 1 N–H and O–H groups in total. The van der Waals surface area contributed by atoms with E-state index in [2.05, 4.69) is 4.98 Å². The van der Waals surface area contributed by atoms with Crippen LogP contribution < -0.4 is 4.74 Å². The first kappa shape index (κ1) is 12.4. The number of carboxylic acids is 1. The predicted molar refractivity (Wildman–Crippen MR) is 69.0 cm³/mol. The van der Waals surface area contributed by atoms with Gasteiger partial charge in [-0.15, -0.1) is 0 Å². The molecule has 0 atom stereocenters. The van der Waals surface area contributed by atoms with Gasteiger partial charge in [-0.3, -0.25) is 0 Å².